The fraction of sp³-hybridized carbons (Fsp3) is 0.929. The Morgan fingerprint density at radius 3 is 2.59 bits per heavy atom. The van der Waals surface area contributed by atoms with E-state index >= 15 is 0 Å². The van der Waals surface area contributed by atoms with Gasteiger partial charge in [-0.05, 0) is 104 Å². The highest BCUT2D eigenvalue weighted by molar-refractivity contribution is 5.25. The van der Waals surface area contributed by atoms with Gasteiger partial charge in [0.2, 0.25) is 0 Å². The van der Waals surface area contributed by atoms with Gasteiger partial charge >= 0.3 is 0 Å². The highest BCUT2D eigenvalue weighted by atomic mass is 16.3. The molecule has 0 aromatic heterocycles. The second-order valence-corrected chi connectivity index (χ2v) is 12.3. The van der Waals surface area contributed by atoms with Crippen LogP contribution in [0.5, 0.6) is 0 Å². The summed E-state index contributed by atoms with van der Waals surface area (Å²) in [6.45, 7) is 12.5. The molecule has 0 aliphatic heterocycles. The molecule has 0 spiro atoms. The third kappa shape index (κ3) is 3.77. The van der Waals surface area contributed by atoms with Gasteiger partial charge in [-0.1, -0.05) is 65.5 Å². The average Bonchev–Trinajstić information content (AvgIpc) is 3.02. The topological polar surface area (TPSA) is 20.2 Å². The van der Waals surface area contributed by atoms with Crippen molar-refractivity contribution in [1.82, 2.24) is 0 Å². The molecule has 0 heterocycles. The molecule has 3 fully saturated rings. The minimum atomic E-state index is -0.0756. The maximum Gasteiger partial charge on any atom is 0.0577 e. The molecule has 4 rings (SSSR count). The van der Waals surface area contributed by atoms with Gasteiger partial charge in [0.05, 0.1) is 6.10 Å². The van der Waals surface area contributed by atoms with Crippen molar-refractivity contribution in [3.63, 3.8) is 0 Å². The van der Waals surface area contributed by atoms with Crippen molar-refractivity contribution < 1.29 is 5.11 Å². The van der Waals surface area contributed by atoms with Gasteiger partial charge in [0, 0.05) is 0 Å². The van der Waals surface area contributed by atoms with Crippen molar-refractivity contribution in [1.29, 1.82) is 0 Å². The van der Waals surface area contributed by atoms with Crippen LogP contribution in [0, 0.1) is 46.3 Å². The van der Waals surface area contributed by atoms with Crippen molar-refractivity contribution in [3.8, 4) is 0 Å². The van der Waals surface area contributed by atoms with E-state index in [0.29, 0.717) is 10.8 Å². The molecule has 29 heavy (non-hydrogen) atoms. The molecular weight excluding hydrogens is 352 g/mol. The Labute approximate surface area is 181 Å². The molecule has 1 heteroatoms. The summed E-state index contributed by atoms with van der Waals surface area (Å²) >= 11 is 0. The third-order valence-electron chi connectivity index (χ3n) is 10.9. The Bertz CT molecular complexity index is 605. The molecule has 0 saturated heterocycles. The zero-order valence-electron chi connectivity index (χ0n) is 20.1. The SMILES string of the molecule is CCC(CCCC1CCC2C3CC=C4CC(O)CCC4(C)C3CCC12C)C(C)C. The number of fused-ring (bicyclic) bond motifs is 5. The minimum absolute atomic E-state index is 0.0756. The number of rotatable bonds is 6. The van der Waals surface area contributed by atoms with E-state index in [1.54, 1.807) is 5.57 Å². The standard InChI is InChI=1S/C28H48O/c1-6-20(19(2)3)8-7-9-21-11-13-25-24-12-10-22-18-23(29)14-16-28(22,5)26(24)15-17-27(21,25)4/h10,19-21,23-26,29H,6-9,11-18H2,1-5H3. The zero-order chi connectivity index (χ0) is 20.8. The van der Waals surface area contributed by atoms with E-state index in [9.17, 15) is 5.11 Å². The molecule has 1 N–H and O–H groups in total. The molecule has 8 atom stereocenters. The van der Waals surface area contributed by atoms with E-state index in [0.717, 1.165) is 48.3 Å². The Morgan fingerprint density at radius 1 is 1.07 bits per heavy atom. The second kappa shape index (κ2) is 8.33. The van der Waals surface area contributed by atoms with Gasteiger partial charge < -0.3 is 5.11 Å². The summed E-state index contributed by atoms with van der Waals surface area (Å²) in [6, 6.07) is 0. The molecule has 3 saturated carbocycles. The number of allylic oxidation sites excluding steroid dienone is 1. The maximum absolute atomic E-state index is 10.2. The van der Waals surface area contributed by atoms with Gasteiger partial charge in [-0.15, -0.1) is 0 Å². The lowest BCUT2D eigenvalue weighted by Gasteiger charge is -2.58. The van der Waals surface area contributed by atoms with Crippen molar-refractivity contribution in [3.05, 3.63) is 11.6 Å². The van der Waals surface area contributed by atoms with Crippen LogP contribution in [0.2, 0.25) is 0 Å². The lowest BCUT2D eigenvalue weighted by molar-refractivity contribution is -0.0510. The smallest absolute Gasteiger partial charge is 0.0577 e. The fourth-order valence-electron chi connectivity index (χ4n) is 8.86. The van der Waals surface area contributed by atoms with Crippen LogP contribution >= 0.6 is 0 Å². The minimum Gasteiger partial charge on any atom is -0.393 e. The van der Waals surface area contributed by atoms with Gasteiger partial charge in [-0.3, -0.25) is 0 Å². The molecule has 0 bridgehead atoms. The Balaban J connectivity index is 1.43. The van der Waals surface area contributed by atoms with Crippen LogP contribution in [0.4, 0.5) is 0 Å². The molecule has 166 valence electrons. The molecule has 0 aromatic carbocycles. The summed E-state index contributed by atoms with van der Waals surface area (Å²) in [7, 11) is 0. The highest BCUT2D eigenvalue weighted by Gasteiger charge is 2.58. The second-order valence-electron chi connectivity index (χ2n) is 12.3. The first-order valence-electron chi connectivity index (χ1n) is 13.2. The van der Waals surface area contributed by atoms with E-state index in [-0.39, 0.29) is 6.10 Å². The summed E-state index contributed by atoms with van der Waals surface area (Å²) in [5.41, 5.74) is 2.62. The van der Waals surface area contributed by atoms with E-state index in [4.69, 9.17) is 0 Å². The molecule has 4 aliphatic carbocycles. The van der Waals surface area contributed by atoms with Crippen molar-refractivity contribution >= 4 is 0 Å². The zero-order valence-corrected chi connectivity index (χ0v) is 20.1. The first-order chi connectivity index (χ1) is 13.8. The van der Waals surface area contributed by atoms with Gasteiger partial charge in [0.25, 0.3) is 0 Å². The Hall–Kier alpha value is -0.300. The summed E-state index contributed by atoms with van der Waals surface area (Å²) in [4.78, 5) is 0. The number of hydrogen-bond donors (Lipinski definition) is 1. The van der Waals surface area contributed by atoms with Crippen molar-refractivity contribution in [2.24, 2.45) is 46.3 Å². The normalized spacial score (nSPS) is 45.3. The summed E-state index contributed by atoms with van der Waals surface area (Å²) < 4.78 is 0. The van der Waals surface area contributed by atoms with Crippen LogP contribution in [0.3, 0.4) is 0 Å². The quantitative estimate of drug-likeness (QED) is 0.451. The number of aliphatic hydroxyl groups is 1. The van der Waals surface area contributed by atoms with Crippen LogP contribution < -0.4 is 0 Å². The van der Waals surface area contributed by atoms with E-state index in [2.05, 4.69) is 40.7 Å². The van der Waals surface area contributed by atoms with Gasteiger partial charge in [-0.25, -0.2) is 0 Å². The molecule has 8 unspecified atom stereocenters. The van der Waals surface area contributed by atoms with Crippen molar-refractivity contribution in [2.45, 2.75) is 118 Å². The molecule has 1 nitrogen and oxygen atoms in total. The van der Waals surface area contributed by atoms with Crippen molar-refractivity contribution in [2.75, 3.05) is 0 Å². The molecule has 0 aromatic rings. The summed E-state index contributed by atoms with van der Waals surface area (Å²) in [5.74, 6) is 5.52. The van der Waals surface area contributed by atoms with E-state index in [1.165, 1.54) is 64.2 Å². The number of hydrogen-bond acceptors (Lipinski definition) is 1. The lowest BCUT2D eigenvalue weighted by Crippen LogP contribution is -2.50. The van der Waals surface area contributed by atoms with Gasteiger partial charge in [0.1, 0.15) is 0 Å². The Kier molecular flexibility index (Phi) is 6.29. The maximum atomic E-state index is 10.2. The van der Waals surface area contributed by atoms with Gasteiger partial charge in [0.15, 0.2) is 0 Å². The Morgan fingerprint density at radius 2 is 1.86 bits per heavy atom. The van der Waals surface area contributed by atoms with Crippen LogP contribution in [0.25, 0.3) is 0 Å². The summed E-state index contributed by atoms with van der Waals surface area (Å²) in [5, 5.41) is 10.2. The first-order valence-corrected chi connectivity index (χ1v) is 13.2. The molecule has 0 radical (unpaired) electrons. The van der Waals surface area contributed by atoms with Crippen LogP contribution in [-0.2, 0) is 0 Å². The third-order valence-corrected chi connectivity index (χ3v) is 10.9. The highest BCUT2D eigenvalue weighted by Crippen LogP contribution is 2.66. The number of aliphatic hydroxyl groups excluding tert-OH is 1. The predicted octanol–water partition coefficient (Wildman–Crippen LogP) is 7.78. The van der Waals surface area contributed by atoms with Crippen LogP contribution in [-0.4, -0.2) is 11.2 Å². The summed E-state index contributed by atoms with van der Waals surface area (Å²) in [6.07, 6.45) is 18.7. The lowest BCUT2D eigenvalue weighted by atomic mass is 9.47. The van der Waals surface area contributed by atoms with Crippen LogP contribution in [0.15, 0.2) is 11.6 Å². The first kappa shape index (κ1) is 21.9. The molecule has 4 aliphatic rings. The monoisotopic (exact) mass is 400 g/mol. The van der Waals surface area contributed by atoms with Gasteiger partial charge in [-0.2, -0.15) is 0 Å². The largest absolute Gasteiger partial charge is 0.393 e. The molecule has 0 amide bonds. The van der Waals surface area contributed by atoms with E-state index < -0.39 is 0 Å². The predicted molar refractivity (Wildman–Crippen MR) is 124 cm³/mol. The molecular formula is C28H48O. The fourth-order valence-corrected chi connectivity index (χ4v) is 8.86. The average molecular weight is 401 g/mol. The van der Waals surface area contributed by atoms with E-state index in [1.807, 2.05) is 0 Å². The van der Waals surface area contributed by atoms with Crippen LogP contribution in [0.1, 0.15) is 112 Å².